The van der Waals surface area contributed by atoms with Crippen LogP contribution in [-0.4, -0.2) is 39.0 Å². The molecule has 20 heavy (non-hydrogen) atoms. The fraction of sp³-hybridized carbons (Fsp3) is 0.125. The van der Waals surface area contributed by atoms with E-state index in [1.807, 2.05) is 0 Å². The first-order chi connectivity index (χ1) is 8.05. The zero-order chi connectivity index (χ0) is 14.1. The number of ether oxygens (including phenoxy) is 1. The van der Waals surface area contributed by atoms with Gasteiger partial charge in [-0.05, 0) is 18.2 Å². The molecule has 0 atom stereocenters. The summed E-state index contributed by atoms with van der Waals surface area (Å²) in [7, 11) is -9.06. The average Bonchev–Trinajstić information content (AvgIpc) is 2.25. The quantitative estimate of drug-likeness (QED) is 0.300. The Morgan fingerprint density at radius 3 is 1.55 bits per heavy atom. The number of hydrogen-bond acceptors (Lipinski definition) is 8. The molecule has 0 aromatic heterocycles. The van der Waals surface area contributed by atoms with Crippen LogP contribution in [0.5, 0.6) is 0 Å². The van der Waals surface area contributed by atoms with E-state index in [9.17, 15) is 30.7 Å². The van der Waals surface area contributed by atoms with Crippen LogP contribution in [0.1, 0.15) is 10.4 Å². The molecule has 1 aromatic rings. The molecule has 0 unspecified atom stereocenters. The number of hydrogen-bond donors (Lipinski definition) is 0. The number of carbonyl (C=O) groups excluding carboxylic acids is 1. The Kier molecular flexibility index (Phi) is 9.37. The van der Waals surface area contributed by atoms with Crippen LogP contribution in [0.25, 0.3) is 0 Å². The summed E-state index contributed by atoms with van der Waals surface area (Å²) in [4.78, 5) is 9.16. The molecular formula is C8H6Na2O8S2. The second kappa shape index (κ2) is 8.22. The van der Waals surface area contributed by atoms with Crippen molar-refractivity contribution >= 4 is 26.2 Å². The first-order valence-electron chi connectivity index (χ1n) is 4.21. The standard InChI is InChI=1S/C8H8O8S2.2Na/c1-16-8(9)5-2-6(17(10,11)12)4-7(3-5)18(13,14)15;;/h2-4H,1H3,(H,10,11,12)(H,13,14,15);;/q;2*+1/p-2. The Morgan fingerprint density at radius 2 is 1.30 bits per heavy atom. The molecular weight excluding hydrogens is 334 g/mol. The predicted octanol–water partition coefficient (Wildman–Crippen LogP) is -6.71. The normalized spacial score (nSPS) is 10.9. The summed E-state index contributed by atoms with van der Waals surface area (Å²) in [5.41, 5.74) is -0.524. The Balaban J connectivity index is 0. The molecule has 8 nitrogen and oxygen atoms in total. The van der Waals surface area contributed by atoms with Crippen molar-refractivity contribution in [3.8, 4) is 0 Å². The van der Waals surface area contributed by atoms with Crippen LogP contribution in [0.4, 0.5) is 0 Å². The molecule has 0 spiro atoms. The molecule has 0 bridgehead atoms. The van der Waals surface area contributed by atoms with Crippen LogP contribution in [0.2, 0.25) is 0 Å². The van der Waals surface area contributed by atoms with Gasteiger partial charge in [-0.3, -0.25) is 0 Å². The summed E-state index contributed by atoms with van der Waals surface area (Å²) in [5.74, 6) is -1.08. The summed E-state index contributed by atoms with van der Waals surface area (Å²) in [6, 6.07) is 1.64. The van der Waals surface area contributed by atoms with Gasteiger partial charge < -0.3 is 13.8 Å². The molecule has 0 N–H and O–H groups in total. The van der Waals surface area contributed by atoms with Crippen LogP contribution < -0.4 is 59.1 Å². The Labute approximate surface area is 160 Å². The number of rotatable bonds is 3. The molecule has 12 heteroatoms. The molecule has 0 aliphatic rings. The van der Waals surface area contributed by atoms with Gasteiger partial charge in [-0.1, -0.05) is 0 Å². The monoisotopic (exact) mass is 340 g/mol. The van der Waals surface area contributed by atoms with Gasteiger partial charge in [0.25, 0.3) is 0 Å². The van der Waals surface area contributed by atoms with Gasteiger partial charge in [0.1, 0.15) is 20.2 Å². The van der Waals surface area contributed by atoms with E-state index >= 15 is 0 Å². The van der Waals surface area contributed by atoms with Crippen molar-refractivity contribution in [2.45, 2.75) is 9.79 Å². The van der Waals surface area contributed by atoms with Crippen LogP contribution in [0, 0.1) is 0 Å². The van der Waals surface area contributed by atoms with Crippen molar-refractivity contribution in [1.82, 2.24) is 0 Å². The molecule has 1 rings (SSSR count). The molecule has 0 saturated heterocycles. The molecule has 100 valence electrons. The first-order valence-corrected chi connectivity index (χ1v) is 7.02. The van der Waals surface area contributed by atoms with E-state index in [0.717, 1.165) is 7.11 Å². The zero-order valence-corrected chi connectivity index (χ0v) is 16.4. The largest absolute Gasteiger partial charge is 1.00 e. The average molecular weight is 340 g/mol. The van der Waals surface area contributed by atoms with Crippen molar-refractivity contribution in [2.24, 2.45) is 0 Å². The van der Waals surface area contributed by atoms with Gasteiger partial charge >= 0.3 is 65.1 Å². The van der Waals surface area contributed by atoms with Crippen LogP contribution >= 0.6 is 0 Å². The minimum absolute atomic E-state index is 0. The molecule has 0 radical (unpaired) electrons. The second-order valence-corrected chi connectivity index (χ2v) is 5.85. The van der Waals surface area contributed by atoms with E-state index in [4.69, 9.17) is 0 Å². The van der Waals surface area contributed by atoms with Gasteiger partial charge in [0.2, 0.25) is 0 Å². The molecule has 0 saturated carbocycles. The minimum Gasteiger partial charge on any atom is -0.744 e. The van der Waals surface area contributed by atoms with Crippen molar-refractivity contribution in [3.05, 3.63) is 23.8 Å². The maximum Gasteiger partial charge on any atom is 1.00 e. The van der Waals surface area contributed by atoms with Gasteiger partial charge in [-0.15, -0.1) is 0 Å². The van der Waals surface area contributed by atoms with Gasteiger partial charge in [0, 0.05) is 0 Å². The van der Waals surface area contributed by atoms with E-state index in [2.05, 4.69) is 4.74 Å². The summed E-state index contributed by atoms with van der Waals surface area (Å²) in [6.07, 6.45) is 0. The van der Waals surface area contributed by atoms with Crippen molar-refractivity contribution in [1.29, 1.82) is 0 Å². The van der Waals surface area contributed by atoms with Crippen molar-refractivity contribution in [3.63, 3.8) is 0 Å². The van der Waals surface area contributed by atoms with Gasteiger partial charge in [0.15, 0.2) is 0 Å². The van der Waals surface area contributed by atoms with E-state index in [-0.39, 0.29) is 59.1 Å². The van der Waals surface area contributed by atoms with E-state index < -0.39 is 41.6 Å². The third-order valence-corrected chi connectivity index (χ3v) is 3.50. The number of benzene rings is 1. The topological polar surface area (TPSA) is 141 Å². The van der Waals surface area contributed by atoms with E-state index in [0.29, 0.717) is 18.2 Å². The van der Waals surface area contributed by atoms with Gasteiger partial charge in [0.05, 0.1) is 22.5 Å². The maximum absolute atomic E-state index is 11.2. The second-order valence-electron chi connectivity index (χ2n) is 3.09. The molecule has 0 fully saturated rings. The maximum atomic E-state index is 11.2. The molecule has 1 aromatic carbocycles. The minimum atomic E-state index is -5.01. The Hall–Kier alpha value is 0.510. The smallest absolute Gasteiger partial charge is 0.744 e. The van der Waals surface area contributed by atoms with Crippen molar-refractivity contribution in [2.75, 3.05) is 7.11 Å². The van der Waals surface area contributed by atoms with Crippen LogP contribution in [0.3, 0.4) is 0 Å². The molecule has 0 aliphatic carbocycles. The summed E-state index contributed by atoms with van der Waals surface area (Å²) < 4.78 is 68.9. The SMILES string of the molecule is COC(=O)c1cc(S(=O)(=O)[O-])cc(S(=O)(=O)[O-])c1.[Na+].[Na+]. The Bertz CT molecular complexity index is 645. The molecule has 0 amide bonds. The van der Waals surface area contributed by atoms with Crippen LogP contribution in [-0.2, 0) is 25.0 Å². The third kappa shape index (κ3) is 6.10. The predicted molar refractivity (Wildman–Crippen MR) is 53.7 cm³/mol. The first kappa shape index (κ1) is 22.8. The zero-order valence-electron chi connectivity index (χ0n) is 10.8. The summed E-state index contributed by atoms with van der Waals surface area (Å²) in [6.45, 7) is 0. The fourth-order valence-corrected chi connectivity index (χ4v) is 2.26. The van der Waals surface area contributed by atoms with E-state index in [1.165, 1.54) is 0 Å². The van der Waals surface area contributed by atoms with Crippen LogP contribution in [0.15, 0.2) is 28.0 Å². The third-order valence-electron chi connectivity index (χ3n) is 1.88. The number of carbonyl (C=O) groups is 1. The van der Waals surface area contributed by atoms with Gasteiger partial charge in [-0.25, -0.2) is 21.6 Å². The summed E-state index contributed by atoms with van der Waals surface area (Å²) >= 11 is 0. The summed E-state index contributed by atoms with van der Waals surface area (Å²) in [5, 5.41) is 0. The number of methoxy groups -OCH3 is 1. The fourth-order valence-electron chi connectivity index (χ4n) is 1.10. The Morgan fingerprint density at radius 1 is 0.950 bits per heavy atom. The van der Waals surface area contributed by atoms with E-state index in [1.54, 1.807) is 0 Å². The van der Waals surface area contributed by atoms with Crippen molar-refractivity contribution < 1.29 is 94.6 Å². The molecule has 0 heterocycles. The van der Waals surface area contributed by atoms with Gasteiger partial charge in [-0.2, -0.15) is 0 Å². The number of esters is 1. The molecule has 0 aliphatic heterocycles.